The molecule has 0 bridgehead atoms. The molecule has 2 N–H and O–H groups in total. The Labute approximate surface area is 339 Å². The van der Waals surface area contributed by atoms with E-state index < -0.39 is 0 Å². The Morgan fingerprint density at radius 2 is 0.736 bits per heavy atom. The van der Waals surface area contributed by atoms with Crippen LogP contribution in [-0.2, 0) is 25.8 Å². The summed E-state index contributed by atoms with van der Waals surface area (Å²) in [7, 11) is 0. The van der Waals surface area contributed by atoms with Crippen LogP contribution < -0.4 is 0 Å². The third kappa shape index (κ3) is 7.74. The van der Waals surface area contributed by atoms with Crippen LogP contribution in [0.1, 0.15) is 11.1 Å². The summed E-state index contributed by atoms with van der Waals surface area (Å²) in [5, 5.41) is 28.9. The number of aromatic hydroxyl groups is 2. The fourth-order valence-corrected chi connectivity index (χ4v) is 8.21. The molecule has 8 rings (SSSR count). The number of nitrogens with zero attached hydrogens (tertiary/aromatic N) is 2. The van der Waals surface area contributed by atoms with Crippen molar-refractivity contribution in [3.8, 4) is 88.5 Å². The number of phenols is 2. The van der Waals surface area contributed by atoms with E-state index in [2.05, 4.69) is 36.7 Å². The Bertz CT molecular complexity index is 2320. The van der Waals surface area contributed by atoms with Crippen LogP contribution in [0.15, 0.2) is 144 Å². The number of rotatable bonds is 7. The molecule has 0 aliphatic carbocycles. The van der Waals surface area contributed by atoms with Crippen LogP contribution in [0.4, 0.5) is 0 Å². The Balaban J connectivity index is 0.00000180. The second kappa shape index (κ2) is 16.8. The third-order valence-corrected chi connectivity index (χ3v) is 10.7. The minimum Gasteiger partial charge on any atom is -0.507 e. The van der Waals surface area contributed by atoms with Crippen LogP contribution in [0.3, 0.4) is 0 Å². The second-order valence-electron chi connectivity index (χ2n) is 12.3. The fourth-order valence-electron chi connectivity index (χ4n) is 6.52. The van der Waals surface area contributed by atoms with Crippen LogP contribution in [0.25, 0.3) is 77.0 Å². The van der Waals surface area contributed by atoms with Gasteiger partial charge in [0.25, 0.3) is 0 Å². The Morgan fingerprint density at radius 1 is 0.415 bits per heavy atom. The molecule has 7 heteroatoms. The van der Waals surface area contributed by atoms with Gasteiger partial charge < -0.3 is 25.1 Å². The molecule has 0 spiro atoms. The average Bonchev–Trinajstić information content (AvgIpc) is 3.85. The van der Waals surface area contributed by atoms with Crippen LogP contribution in [0, 0.1) is 28.7 Å². The van der Waals surface area contributed by atoms with Crippen molar-refractivity contribution >= 4 is 22.7 Å². The molecular weight excluding hydrogens is 855 g/mol. The van der Waals surface area contributed by atoms with E-state index in [4.69, 9.17) is 9.97 Å². The van der Waals surface area contributed by atoms with Crippen molar-refractivity contribution in [2.24, 2.45) is 0 Å². The molecule has 4 nitrogen and oxygen atoms in total. The van der Waals surface area contributed by atoms with E-state index in [-0.39, 0.29) is 52.2 Å². The van der Waals surface area contributed by atoms with Gasteiger partial charge in [-0.3, -0.25) is 0 Å². The summed E-state index contributed by atoms with van der Waals surface area (Å²) in [6.07, 6.45) is 0. The van der Waals surface area contributed by atoms with Gasteiger partial charge in [0.1, 0.15) is 11.5 Å². The molecule has 262 valence electrons. The number of aryl methyl sites for hydroxylation is 2. The monoisotopic (exact) mass is 894 g/mol. The number of phenolic OH excluding ortho intramolecular Hbond substituents is 2. The summed E-state index contributed by atoms with van der Waals surface area (Å²) >= 11 is 3.11. The first-order chi connectivity index (χ1) is 24.4. The SMILES string of the molecule is Cc1cc(-c2ccccc2)c(O)c(-c2ccccc2-c2csc(-c3nc(-c4ccccc4-c4cc(C)cc(-c5ccccc5)c4O)cs3)n2)c1.[CH3-].[CH3-].[Hf]. The molecule has 6 aromatic carbocycles. The topological polar surface area (TPSA) is 66.2 Å². The number of thiazole rings is 2. The van der Waals surface area contributed by atoms with E-state index in [1.165, 1.54) is 0 Å². The number of aromatic nitrogens is 2. The molecule has 0 aliphatic heterocycles. The average molecular weight is 893 g/mol. The van der Waals surface area contributed by atoms with E-state index in [0.29, 0.717) is 0 Å². The molecule has 0 atom stereocenters. The Kier molecular flexibility index (Phi) is 12.5. The molecule has 2 aromatic heterocycles. The number of benzene rings is 6. The maximum absolute atomic E-state index is 11.6. The minimum absolute atomic E-state index is 0. The molecule has 0 amide bonds. The van der Waals surface area contributed by atoms with Crippen LogP contribution >= 0.6 is 22.7 Å². The largest absolute Gasteiger partial charge is 0.507 e. The predicted octanol–water partition coefficient (Wildman–Crippen LogP) is 13.2. The summed E-state index contributed by atoms with van der Waals surface area (Å²) in [6, 6.07) is 44.3. The van der Waals surface area contributed by atoms with Crippen molar-refractivity contribution in [3.63, 3.8) is 0 Å². The van der Waals surface area contributed by atoms with Gasteiger partial charge >= 0.3 is 0 Å². The zero-order valence-corrected chi connectivity index (χ0v) is 35.2. The van der Waals surface area contributed by atoms with Crippen LogP contribution in [-0.4, -0.2) is 20.2 Å². The quantitative estimate of drug-likeness (QED) is 0.124. The number of hydrogen-bond donors (Lipinski definition) is 2. The van der Waals surface area contributed by atoms with Crippen molar-refractivity contribution in [2.45, 2.75) is 13.8 Å². The van der Waals surface area contributed by atoms with Crippen molar-refractivity contribution in [1.29, 1.82) is 0 Å². The number of hydrogen-bond acceptors (Lipinski definition) is 6. The molecule has 0 aliphatic rings. The molecule has 0 saturated carbocycles. The summed E-state index contributed by atoms with van der Waals surface area (Å²) < 4.78 is 0. The second-order valence-corrected chi connectivity index (χ2v) is 14.0. The smallest absolute Gasteiger partial charge is 0.152 e. The van der Waals surface area contributed by atoms with Gasteiger partial charge in [-0.25, -0.2) is 9.97 Å². The van der Waals surface area contributed by atoms with E-state index >= 15 is 0 Å². The minimum atomic E-state index is 0. The van der Waals surface area contributed by atoms with Gasteiger partial charge in [-0.1, -0.05) is 109 Å². The Hall–Kier alpha value is -4.95. The zero-order valence-electron chi connectivity index (χ0n) is 30.0. The van der Waals surface area contributed by atoms with Crippen molar-refractivity contribution < 1.29 is 36.1 Å². The molecule has 0 radical (unpaired) electrons. The predicted molar refractivity (Wildman–Crippen MR) is 221 cm³/mol. The zero-order chi connectivity index (χ0) is 34.2. The first-order valence-electron chi connectivity index (χ1n) is 16.3. The van der Waals surface area contributed by atoms with E-state index in [1.54, 1.807) is 22.7 Å². The van der Waals surface area contributed by atoms with Gasteiger partial charge in [0.2, 0.25) is 0 Å². The first-order valence-corrected chi connectivity index (χ1v) is 18.1. The van der Waals surface area contributed by atoms with Crippen LogP contribution in [0.5, 0.6) is 11.5 Å². The molecule has 0 saturated heterocycles. The molecule has 53 heavy (non-hydrogen) atoms. The molecule has 0 fully saturated rings. The normalized spacial score (nSPS) is 10.5. The van der Waals surface area contributed by atoms with Crippen LogP contribution in [0.2, 0.25) is 0 Å². The maximum Gasteiger partial charge on any atom is 0.152 e. The first kappa shape index (κ1) is 39.3. The van der Waals surface area contributed by atoms with Crippen molar-refractivity contribution in [2.75, 3.05) is 0 Å². The summed E-state index contributed by atoms with van der Waals surface area (Å²) in [5.74, 6) is 0.506. The van der Waals surface area contributed by atoms with Gasteiger partial charge in [0.15, 0.2) is 10.0 Å². The van der Waals surface area contributed by atoms with E-state index in [0.717, 1.165) is 88.2 Å². The van der Waals surface area contributed by atoms with Gasteiger partial charge in [0, 0.05) is 70.0 Å². The maximum atomic E-state index is 11.6. The fraction of sp³-hybridized carbons (Fsp3) is 0.0435. The van der Waals surface area contributed by atoms with E-state index in [9.17, 15) is 10.2 Å². The third-order valence-electron chi connectivity index (χ3n) is 8.86. The Morgan fingerprint density at radius 3 is 1.11 bits per heavy atom. The van der Waals surface area contributed by atoms with Gasteiger partial charge in [-0.2, -0.15) is 0 Å². The standard InChI is InChI=1S/C44H32N2O2S2.2CH3.Hf/c1-27-21-35(29-13-5-3-6-14-29)41(47)37(23-27)31-17-9-11-19-33(31)39-25-49-43(45-39)44-46-40(26-50-44)34-20-12-10-18-32(34)38-24-28(2)22-36(42(38)48)30-15-7-4-8-16-30;;;/h3-26,47-48H,1-2H3;2*1H3;/q;2*-1;. The summed E-state index contributed by atoms with van der Waals surface area (Å²) in [4.78, 5) is 10.1. The van der Waals surface area contributed by atoms with Gasteiger partial charge in [0.05, 0.1) is 11.4 Å². The van der Waals surface area contributed by atoms with Gasteiger partial charge in [-0.15, -0.1) is 22.7 Å². The molecule has 2 heterocycles. The van der Waals surface area contributed by atoms with Crippen molar-refractivity contribution in [3.05, 3.63) is 170 Å². The van der Waals surface area contributed by atoms with Gasteiger partial charge in [-0.05, 0) is 71.5 Å². The molecular formula is C46H38HfN2O2S2-2. The van der Waals surface area contributed by atoms with E-state index in [1.807, 2.05) is 121 Å². The molecule has 0 unspecified atom stereocenters. The molecule has 8 aromatic rings. The summed E-state index contributed by atoms with van der Waals surface area (Å²) in [5.41, 5.74) is 12.6. The summed E-state index contributed by atoms with van der Waals surface area (Å²) in [6.45, 7) is 4.11. The van der Waals surface area contributed by atoms with Crippen molar-refractivity contribution in [1.82, 2.24) is 9.97 Å².